The Balaban J connectivity index is 2.02. The van der Waals surface area contributed by atoms with E-state index < -0.39 is 0 Å². The quantitative estimate of drug-likeness (QED) is 0.942. The van der Waals surface area contributed by atoms with E-state index in [9.17, 15) is 0 Å². The lowest BCUT2D eigenvalue weighted by atomic mass is 10.2. The van der Waals surface area contributed by atoms with E-state index in [1.165, 1.54) is 0 Å². The van der Waals surface area contributed by atoms with Crippen molar-refractivity contribution in [2.24, 2.45) is 0 Å². The number of halogens is 1. The smallest absolute Gasteiger partial charge is 0.226 e. The summed E-state index contributed by atoms with van der Waals surface area (Å²) in [5, 5.41) is 3.14. The van der Waals surface area contributed by atoms with Gasteiger partial charge in [0.2, 0.25) is 11.8 Å². The van der Waals surface area contributed by atoms with E-state index in [1.54, 1.807) is 19.4 Å². The minimum Gasteiger partial charge on any atom is -0.481 e. The molecule has 0 saturated carbocycles. The van der Waals surface area contributed by atoms with Crippen molar-refractivity contribution in [3.8, 4) is 5.88 Å². The summed E-state index contributed by atoms with van der Waals surface area (Å²) in [6.45, 7) is 0.673. The van der Waals surface area contributed by atoms with Crippen molar-refractivity contribution in [2.75, 3.05) is 12.4 Å². The number of benzene rings is 1. The van der Waals surface area contributed by atoms with Gasteiger partial charge in [0.25, 0.3) is 0 Å². The first-order valence-electron chi connectivity index (χ1n) is 5.13. The molecule has 1 heterocycles. The minimum atomic E-state index is 0.553. The first-order chi connectivity index (χ1) is 8.28. The second-order valence-corrected chi connectivity index (χ2v) is 4.32. The van der Waals surface area contributed by atoms with E-state index in [1.807, 2.05) is 24.3 Å². The van der Waals surface area contributed by atoms with Gasteiger partial charge in [-0.05, 0) is 17.7 Å². The van der Waals surface area contributed by atoms with Gasteiger partial charge in [-0.2, -0.15) is 4.98 Å². The maximum atomic E-state index is 5.03. The number of methoxy groups -OCH3 is 1. The average Bonchev–Trinajstić information content (AvgIpc) is 2.37. The fourth-order valence-electron chi connectivity index (χ4n) is 1.37. The van der Waals surface area contributed by atoms with Gasteiger partial charge in [0.15, 0.2) is 0 Å². The van der Waals surface area contributed by atoms with E-state index in [0.29, 0.717) is 18.4 Å². The Morgan fingerprint density at radius 1 is 1.35 bits per heavy atom. The highest BCUT2D eigenvalue weighted by Crippen LogP contribution is 2.13. The lowest BCUT2D eigenvalue weighted by Gasteiger charge is -2.06. The van der Waals surface area contributed by atoms with E-state index in [4.69, 9.17) is 4.74 Å². The van der Waals surface area contributed by atoms with Crippen molar-refractivity contribution < 1.29 is 4.74 Å². The van der Waals surface area contributed by atoms with Gasteiger partial charge in [0.1, 0.15) is 0 Å². The zero-order chi connectivity index (χ0) is 12.1. The highest BCUT2D eigenvalue weighted by Gasteiger charge is 1.99. The number of anilines is 1. The Morgan fingerprint density at radius 2 is 2.24 bits per heavy atom. The number of nitrogens with zero attached hydrogens (tertiary/aromatic N) is 2. The Morgan fingerprint density at radius 3 is 3.00 bits per heavy atom. The van der Waals surface area contributed by atoms with Crippen LogP contribution < -0.4 is 10.1 Å². The monoisotopic (exact) mass is 293 g/mol. The number of rotatable bonds is 4. The van der Waals surface area contributed by atoms with Gasteiger partial charge in [-0.1, -0.05) is 28.1 Å². The third kappa shape index (κ3) is 3.42. The Bertz CT molecular complexity index is 505. The van der Waals surface area contributed by atoms with Crippen LogP contribution in [0.3, 0.4) is 0 Å². The Kier molecular flexibility index (Phi) is 3.93. The molecule has 0 bridgehead atoms. The minimum absolute atomic E-state index is 0.553. The molecule has 0 fully saturated rings. The summed E-state index contributed by atoms with van der Waals surface area (Å²) in [5.74, 6) is 1.11. The SMILES string of the molecule is COc1ccnc(NCc2cccc(Br)c2)n1. The molecule has 0 radical (unpaired) electrons. The van der Waals surface area contributed by atoms with E-state index in [-0.39, 0.29) is 0 Å². The molecule has 2 rings (SSSR count). The zero-order valence-corrected chi connectivity index (χ0v) is 10.9. The molecule has 0 saturated heterocycles. The van der Waals surface area contributed by atoms with Gasteiger partial charge in [0, 0.05) is 23.3 Å². The van der Waals surface area contributed by atoms with Crippen LogP contribution in [0.2, 0.25) is 0 Å². The summed E-state index contributed by atoms with van der Waals surface area (Å²) in [5.41, 5.74) is 1.16. The molecule has 4 nitrogen and oxygen atoms in total. The van der Waals surface area contributed by atoms with Crippen molar-refractivity contribution in [1.29, 1.82) is 0 Å². The maximum absolute atomic E-state index is 5.03. The topological polar surface area (TPSA) is 47.0 Å². The molecule has 5 heteroatoms. The molecule has 0 aliphatic rings. The summed E-state index contributed by atoms with van der Waals surface area (Å²) in [4.78, 5) is 8.28. The third-order valence-corrected chi connectivity index (χ3v) is 2.67. The van der Waals surface area contributed by atoms with Gasteiger partial charge in [-0.15, -0.1) is 0 Å². The molecule has 17 heavy (non-hydrogen) atoms. The van der Waals surface area contributed by atoms with Crippen molar-refractivity contribution in [1.82, 2.24) is 9.97 Å². The van der Waals surface area contributed by atoms with E-state index in [0.717, 1.165) is 10.0 Å². The fraction of sp³-hybridized carbons (Fsp3) is 0.167. The van der Waals surface area contributed by atoms with Gasteiger partial charge >= 0.3 is 0 Å². The van der Waals surface area contributed by atoms with Crippen molar-refractivity contribution >= 4 is 21.9 Å². The summed E-state index contributed by atoms with van der Waals surface area (Å²) < 4.78 is 6.09. The van der Waals surface area contributed by atoms with E-state index in [2.05, 4.69) is 31.2 Å². The van der Waals surface area contributed by atoms with Crippen molar-refractivity contribution in [3.63, 3.8) is 0 Å². The highest BCUT2D eigenvalue weighted by atomic mass is 79.9. The number of hydrogen-bond acceptors (Lipinski definition) is 4. The fourth-order valence-corrected chi connectivity index (χ4v) is 1.82. The molecule has 1 aromatic heterocycles. The van der Waals surface area contributed by atoms with Crippen molar-refractivity contribution in [2.45, 2.75) is 6.54 Å². The second kappa shape index (κ2) is 5.63. The van der Waals surface area contributed by atoms with Crippen LogP contribution >= 0.6 is 15.9 Å². The van der Waals surface area contributed by atoms with Crippen LogP contribution in [0.1, 0.15) is 5.56 Å². The molecule has 88 valence electrons. The zero-order valence-electron chi connectivity index (χ0n) is 9.35. The standard InChI is InChI=1S/C12H12BrN3O/c1-17-11-5-6-14-12(16-11)15-8-9-3-2-4-10(13)7-9/h2-7H,8H2,1H3,(H,14,15,16). The van der Waals surface area contributed by atoms with Gasteiger partial charge < -0.3 is 10.1 Å². The molecule has 0 spiro atoms. The number of nitrogens with one attached hydrogen (secondary N) is 1. The van der Waals surface area contributed by atoms with Crippen LogP contribution in [0.5, 0.6) is 5.88 Å². The van der Waals surface area contributed by atoms with Gasteiger partial charge in [-0.25, -0.2) is 4.98 Å². The summed E-state index contributed by atoms with van der Waals surface area (Å²) in [6, 6.07) is 9.79. The van der Waals surface area contributed by atoms with Gasteiger partial charge in [-0.3, -0.25) is 0 Å². The molecular formula is C12H12BrN3O. The lowest BCUT2D eigenvalue weighted by Crippen LogP contribution is -2.03. The number of ether oxygens (including phenoxy) is 1. The van der Waals surface area contributed by atoms with Crippen LogP contribution in [0.15, 0.2) is 41.0 Å². The second-order valence-electron chi connectivity index (χ2n) is 3.41. The molecule has 0 unspecified atom stereocenters. The van der Waals surface area contributed by atoms with E-state index >= 15 is 0 Å². The number of hydrogen-bond donors (Lipinski definition) is 1. The molecule has 1 aromatic carbocycles. The Labute approximate surface area is 108 Å². The average molecular weight is 294 g/mol. The maximum Gasteiger partial charge on any atom is 0.226 e. The summed E-state index contributed by atoms with van der Waals surface area (Å²) >= 11 is 3.43. The molecule has 0 atom stereocenters. The predicted octanol–water partition coefficient (Wildman–Crippen LogP) is 2.86. The Hall–Kier alpha value is -1.62. The molecule has 0 aliphatic heterocycles. The highest BCUT2D eigenvalue weighted by molar-refractivity contribution is 9.10. The molecule has 0 aliphatic carbocycles. The normalized spacial score (nSPS) is 10.0. The molecular weight excluding hydrogens is 282 g/mol. The van der Waals surface area contributed by atoms with Crippen LogP contribution in [0.4, 0.5) is 5.95 Å². The predicted molar refractivity (Wildman–Crippen MR) is 70.1 cm³/mol. The third-order valence-electron chi connectivity index (χ3n) is 2.18. The van der Waals surface area contributed by atoms with Crippen molar-refractivity contribution in [3.05, 3.63) is 46.6 Å². The molecule has 1 N–H and O–H groups in total. The van der Waals surface area contributed by atoms with Crippen LogP contribution in [-0.2, 0) is 6.54 Å². The lowest BCUT2D eigenvalue weighted by molar-refractivity contribution is 0.397. The first-order valence-corrected chi connectivity index (χ1v) is 5.92. The number of aromatic nitrogens is 2. The largest absolute Gasteiger partial charge is 0.481 e. The summed E-state index contributed by atoms with van der Waals surface area (Å²) in [7, 11) is 1.58. The first kappa shape index (κ1) is 11.9. The van der Waals surface area contributed by atoms with Crippen LogP contribution in [0, 0.1) is 0 Å². The molecule has 2 aromatic rings. The summed E-state index contributed by atoms with van der Waals surface area (Å²) in [6.07, 6.45) is 1.66. The van der Waals surface area contributed by atoms with Crippen LogP contribution in [0.25, 0.3) is 0 Å². The van der Waals surface area contributed by atoms with Gasteiger partial charge in [0.05, 0.1) is 7.11 Å². The molecule has 0 amide bonds. The van der Waals surface area contributed by atoms with Crippen LogP contribution in [-0.4, -0.2) is 17.1 Å².